The van der Waals surface area contributed by atoms with E-state index in [-0.39, 0.29) is 11.7 Å². The molecule has 0 saturated carbocycles. The van der Waals surface area contributed by atoms with E-state index < -0.39 is 10.0 Å². The summed E-state index contributed by atoms with van der Waals surface area (Å²) in [5.74, 6) is 0.673. The fraction of sp³-hybridized carbons (Fsp3) is 0.625. The van der Waals surface area contributed by atoms with Gasteiger partial charge < -0.3 is 0 Å². The molecule has 0 aliphatic heterocycles. The summed E-state index contributed by atoms with van der Waals surface area (Å²) >= 11 is 0. The summed E-state index contributed by atoms with van der Waals surface area (Å²) in [4.78, 5) is 0. The first-order valence-corrected chi connectivity index (χ1v) is 6.06. The maximum atomic E-state index is 11.5. The minimum Gasteiger partial charge on any atom is -0.267 e. The Kier molecular flexibility index (Phi) is 3.15. The highest BCUT2D eigenvalue weighted by atomic mass is 32.2. The molecule has 0 radical (unpaired) electrons. The Morgan fingerprint density at radius 2 is 2.21 bits per heavy atom. The number of aromatic nitrogens is 2. The van der Waals surface area contributed by atoms with Crippen molar-refractivity contribution in [3.63, 3.8) is 0 Å². The van der Waals surface area contributed by atoms with Crippen molar-refractivity contribution in [3.8, 4) is 0 Å². The van der Waals surface area contributed by atoms with Crippen molar-refractivity contribution in [2.24, 2.45) is 5.92 Å². The lowest BCUT2D eigenvalue weighted by molar-refractivity contribution is 0.587. The van der Waals surface area contributed by atoms with E-state index >= 15 is 0 Å². The molecule has 0 saturated heterocycles. The largest absolute Gasteiger partial charge is 0.267 e. The van der Waals surface area contributed by atoms with Gasteiger partial charge in [0.15, 0.2) is 0 Å². The van der Waals surface area contributed by atoms with Crippen LogP contribution in [0.5, 0.6) is 0 Å². The summed E-state index contributed by atoms with van der Waals surface area (Å²) in [6, 6.07) is 0. The number of hydrogen-bond donors (Lipinski definition) is 2. The molecule has 0 amide bonds. The molecule has 5 nitrogen and oxygen atoms in total. The molecule has 6 heteroatoms. The van der Waals surface area contributed by atoms with E-state index in [1.165, 1.54) is 0 Å². The number of nitrogens with one attached hydrogen (secondary N) is 2. The van der Waals surface area contributed by atoms with Gasteiger partial charge in [-0.05, 0) is 12.8 Å². The third-order valence-electron chi connectivity index (χ3n) is 1.64. The number of sulfonamides is 1. The van der Waals surface area contributed by atoms with Crippen LogP contribution in [0.1, 0.15) is 19.4 Å². The Labute approximate surface area is 84.0 Å². The second-order valence-corrected chi connectivity index (χ2v) is 5.47. The first kappa shape index (κ1) is 11.0. The van der Waals surface area contributed by atoms with Gasteiger partial charge in [0.2, 0.25) is 10.0 Å². The number of hydrogen-bond acceptors (Lipinski definition) is 3. The highest BCUT2D eigenvalue weighted by molar-refractivity contribution is 7.92. The Balaban J connectivity index is 2.74. The van der Waals surface area contributed by atoms with Gasteiger partial charge in [-0.1, -0.05) is 13.8 Å². The summed E-state index contributed by atoms with van der Waals surface area (Å²) in [5.41, 5.74) is 0.789. The fourth-order valence-electron chi connectivity index (χ4n) is 1.09. The van der Waals surface area contributed by atoms with E-state index in [0.717, 1.165) is 5.56 Å². The highest BCUT2D eigenvalue weighted by Gasteiger charge is 2.14. The molecular formula is C8H15N3O2S. The van der Waals surface area contributed by atoms with Gasteiger partial charge in [-0.25, -0.2) is 8.42 Å². The summed E-state index contributed by atoms with van der Waals surface area (Å²) in [6.07, 6.45) is 1.58. The molecule has 0 fully saturated rings. The average molecular weight is 217 g/mol. The molecular weight excluding hydrogens is 202 g/mol. The maximum Gasteiger partial charge on any atom is 0.234 e. The minimum absolute atomic E-state index is 0.107. The first-order valence-electron chi connectivity index (χ1n) is 4.41. The Hall–Kier alpha value is -1.04. The number of aromatic amines is 1. The smallest absolute Gasteiger partial charge is 0.234 e. The predicted octanol–water partition coefficient (Wildman–Crippen LogP) is 1.12. The third-order valence-corrected chi connectivity index (χ3v) is 3.26. The monoisotopic (exact) mass is 217 g/mol. The second kappa shape index (κ2) is 4.00. The first-order chi connectivity index (χ1) is 6.41. The molecule has 0 aliphatic rings. The molecule has 1 aromatic heterocycles. The van der Waals surface area contributed by atoms with E-state index in [2.05, 4.69) is 14.9 Å². The number of rotatable bonds is 4. The zero-order valence-corrected chi connectivity index (χ0v) is 9.35. The van der Waals surface area contributed by atoms with Crippen molar-refractivity contribution >= 4 is 15.8 Å². The van der Waals surface area contributed by atoms with Gasteiger partial charge >= 0.3 is 0 Å². The Bertz CT molecular complexity index is 394. The predicted molar refractivity (Wildman–Crippen MR) is 55.6 cm³/mol. The molecule has 1 heterocycles. The molecule has 0 spiro atoms. The lowest BCUT2D eigenvalue weighted by Crippen LogP contribution is -2.20. The average Bonchev–Trinajstić information content (AvgIpc) is 2.32. The molecule has 0 unspecified atom stereocenters. The molecule has 0 atom stereocenters. The summed E-state index contributed by atoms with van der Waals surface area (Å²) in [7, 11) is -3.25. The topological polar surface area (TPSA) is 74.8 Å². The van der Waals surface area contributed by atoms with Crippen molar-refractivity contribution in [1.29, 1.82) is 0 Å². The van der Waals surface area contributed by atoms with Crippen LogP contribution >= 0.6 is 0 Å². The zero-order valence-electron chi connectivity index (χ0n) is 8.53. The highest BCUT2D eigenvalue weighted by Crippen LogP contribution is 2.11. The number of anilines is 1. The van der Waals surface area contributed by atoms with Crippen LogP contribution in [0.3, 0.4) is 0 Å². The quantitative estimate of drug-likeness (QED) is 0.793. The van der Waals surface area contributed by atoms with E-state index in [0.29, 0.717) is 5.82 Å². The Morgan fingerprint density at radius 3 is 2.64 bits per heavy atom. The van der Waals surface area contributed by atoms with E-state index in [9.17, 15) is 8.42 Å². The van der Waals surface area contributed by atoms with Crippen LogP contribution < -0.4 is 4.72 Å². The van der Waals surface area contributed by atoms with Gasteiger partial charge in [-0.3, -0.25) is 9.82 Å². The molecule has 14 heavy (non-hydrogen) atoms. The normalized spacial score (nSPS) is 12.0. The standard InChI is InChI=1S/C8H15N3O2S/c1-6(2)5-14(12,13)11-8-7(3)4-9-10-8/h4,6H,5H2,1-3H3,(H2,9,10,11). The van der Waals surface area contributed by atoms with Crippen molar-refractivity contribution in [2.45, 2.75) is 20.8 Å². The van der Waals surface area contributed by atoms with Gasteiger partial charge in [0.25, 0.3) is 0 Å². The molecule has 0 aromatic carbocycles. The molecule has 0 aliphatic carbocycles. The van der Waals surface area contributed by atoms with Crippen molar-refractivity contribution in [1.82, 2.24) is 10.2 Å². The van der Waals surface area contributed by atoms with Crippen molar-refractivity contribution in [2.75, 3.05) is 10.5 Å². The summed E-state index contributed by atoms with van der Waals surface area (Å²) in [5, 5.41) is 6.33. The molecule has 2 N–H and O–H groups in total. The second-order valence-electron chi connectivity index (χ2n) is 3.71. The van der Waals surface area contributed by atoms with Gasteiger partial charge in [-0.15, -0.1) is 0 Å². The van der Waals surface area contributed by atoms with Crippen LogP contribution in [0.4, 0.5) is 5.82 Å². The molecule has 80 valence electrons. The van der Waals surface area contributed by atoms with Gasteiger partial charge in [0, 0.05) is 5.56 Å². The Morgan fingerprint density at radius 1 is 1.57 bits per heavy atom. The van der Waals surface area contributed by atoms with Crippen LogP contribution in [0, 0.1) is 12.8 Å². The number of H-pyrrole nitrogens is 1. The van der Waals surface area contributed by atoms with E-state index in [4.69, 9.17) is 0 Å². The van der Waals surface area contributed by atoms with Crippen LogP contribution in [0.15, 0.2) is 6.20 Å². The molecule has 1 rings (SSSR count). The summed E-state index contributed by atoms with van der Waals surface area (Å²) in [6.45, 7) is 5.51. The van der Waals surface area contributed by atoms with Crippen molar-refractivity contribution < 1.29 is 8.42 Å². The summed E-state index contributed by atoms with van der Waals surface area (Å²) < 4.78 is 25.5. The lowest BCUT2D eigenvalue weighted by Gasteiger charge is -2.08. The molecule has 1 aromatic rings. The van der Waals surface area contributed by atoms with E-state index in [1.807, 2.05) is 13.8 Å². The maximum absolute atomic E-state index is 11.5. The minimum atomic E-state index is -3.25. The van der Waals surface area contributed by atoms with E-state index in [1.54, 1.807) is 13.1 Å². The van der Waals surface area contributed by atoms with Gasteiger partial charge in [0.05, 0.1) is 11.9 Å². The number of aryl methyl sites for hydroxylation is 1. The fourth-order valence-corrected chi connectivity index (χ4v) is 2.56. The van der Waals surface area contributed by atoms with Crippen LogP contribution in [-0.4, -0.2) is 24.4 Å². The van der Waals surface area contributed by atoms with Crippen molar-refractivity contribution in [3.05, 3.63) is 11.8 Å². The lowest BCUT2D eigenvalue weighted by atomic mass is 10.3. The van der Waals surface area contributed by atoms with Gasteiger partial charge in [0.1, 0.15) is 5.82 Å². The van der Waals surface area contributed by atoms with Crippen LogP contribution in [-0.2, 0) is 10.0 Å². The SMILES string of the molecule is Cc1cn[nH]c1NS(=O)(=O)CC(C)C. The van der Waals surface area contributed by atoms with Crippen LogP contribution in [0.25, 0.3) is 0 Å². The third kappa shape index (κ3) is 3.02. The number of nitrogens with zero attached hydrogens (tertiary/aromatic N) is 1. The van der Waals surface area contributed by atoms with Crippen LogP contribution in [0.2, 0.25) is 0 Å². The molecule has 0 bridgehead atoms. The van der Waals surface area contributed by atoms with Gasteiger partial charge in [-0.2, -0.15) is 5.10 Å². The zero-order chi connectivity index (χ0) is 10.8.